The van der Waals surface area contributed by atoms with Crippen molar-refractivity contribution in [2.75, 3.05) is 37.8 Å². The lowest BCUT2D eigenvalue weighted by molar-refractivity contribution is 0.102. The number of amides is 1. The molecule has 0 radical (unpaired) electrons. The molecule has 1 heterocycles. The number of halogens is 2. The summed E-state index contributed by atoms with van der Waals surface area (Å²) in [5.74, 6) is -0.484. The molecule has 0 aliphatic heterocycles. The van der Waals surface area contributed by atoms with E-state index < -0.39 is 11.7 Å². The van der Waals surface area contributed by atoms with Crippen molar-refractivity contribution < 1.29 is 9.18 Å². The Kier molecular flexibility index (Phi) is 5.84. The van der Waals surface area contributed by atoms with Crippen LogP contribution in [0.25, 0.3) is 0 Å². The van der Waals surface area contributed by atoms with Crippen LogP contribution in [0.5, 0.6) is 0 Å². The maximum absolute atomic E-state index is 13.1. The molecule has 0 aliphatic carbocycles. The molecule has 0 saturated heterocycles. The van der Waals surface area contributed by atoms with Crippen LogP contribution in [-0.2, 0) is 0 Å². The summed E-state index contributed by atoms with van der Waals surface area (Å²) in [4.78, 5) is 22.3. The smallest absolute Gasteiger partial charge is 0.258 e. The highest BCUT2D eigenvalue weighted by atomic mass is 35.5. The molecule has 1 amide bonds. The van der Waals surface area contributed by atoms with E-state index in [1.807, 2.05) is 19.0 Å². The third-order valence-corrected chi connectivity index (χ3v) is 3.22. The van der Waals surface area contributed by atoms with E-state index in [-0.39, 0.29) is 5.02 Å². The number of nitrogens with zero attached hydrogens (tertiary/aromatic N) is 3. The first-order valence-corrected chi connectivity index (χ1v) is 7.30. The second kappa shape index (κ2) is 7.85. The average molecular weight is 338 g/mol. The molecule has 1 aromatic carbocycles. The zero-order valence-electron chi connectivity index (χ0n) is 12.8. The zero-order chi connectivity index (χ0) is 16.8. The van der Waals surface area contributed by atoms with Gasteiger partial charge in [-0.2, -0.15) is 0 Å². The summed E-state index contributed by atoms with van der Waals surface area (Å²) in [6, 6.07) is 3.95. The minimum atomic E-state index is -0.541. The largest absolute Gasteiger partial charge is 0.353 e. The summed E-state index contributed by atoms with van der Waals surface area (Å²) in [6.07, 6.45) is 2.84. The Morgan fingerprint density at radius 3 is 2.61 bits per heavy atom. The van der Waals surface area contributed by atoms with E-state index in [0.29, 0.717) is 23.7 Å². The van der Waals surface area contributed by atoms with Crippen LogP contribution in [-0.4, -0.2) is 48.0 Å². The summed E-state index contributed by atoms with van der Waals surface area (Å²) >= 11 is 5.67. The average Bonchev–Trinajstić information content (AvgIpc) is 2.51. The molecule has 6 nitrogen and oxygen atoms in total. The number of hydrogen-bond donors (Lipinski definition) is 2. The summed E-state index contributed by atoms with van der Waals surface area (Å²) in [7, 11) is 3.94. The fourth-order valence-electron chi connectivity index (χ4n) is 1.71. The van der Waals surface area contributed by atoms with Gasteiger partial charge in [-0.15, -0.1) is 0 Å². The monoisotopic (exact) mass is 337 g/mol. The highest BCUT2D eigenvalue weighted by molar-refractivity contribution is 6.31. The molecule has 2 N–H and O–H groups in total. The van der Waals surface area contributed by atoms with Gasteiger partial charge in [0.15, 0.2) is 0 Å². The molecule has 2 aromatic rings. The van der Waals surface area contributed by atoms with Crippen molar-refractivity contribution in [3.8, 4) is 0 Å². The standard InChI is InChI=1S/C15H17ClFN5O/c1-22(2)6-5-18-15-19-8-10(9-20-15)14(23)21-11-3-4-13(17)12(16)7-11/h3-4,7-9H,5-6H2,1-2H3,(H,21,23)(H,18,19,20). The van der Waals surface area contributed by atoms with Crippen LogP contribution in [0.4, 0.5) is 16.0 Å². The Bertz CT molecular complexity index is 678. The predicted octanol–water partition coefficient (Wildman–Crippen LogP) is 2.49. The molecule has 8 heteroatoms. The van der Waals surface area contributed by atoms with E-state index in [2.05, 4.69) is 20.6 Å². The van der Waals surface area contributed by atoms with E-state index in [0.717, 1.165) is 6.54 Å². The van der Waals surface area contributed by atoms with Gasteiger partial charge >= 0.3 is 0 Å². The fourth-order valence-corrected chi connectivity index (χ4v) is 1.89. The highest BCUT2D eigenvalue weighted by Crippen LogP contribution is 2.19. The molecule has 0 aliphatic rings. The van der Waals surface area contributed by atoms with Gasteiger partial charge in [0, 0.05) is 31.2 Å². The Hall–Kier alpha value is -2.25. The first-order valence-electron chi connectivity index (χ1n) is 6.93. The van der Waals surface area contributed by atoms with Gasteiger partial charge < -0.3 is 15.5 Å². The van der Waals surface area contributed by atoms with E-state index in [4.69, 9.17) is 11.6 Å². The third kappa shape index (κ3) is 5.15. The number of carbonyl (C=O) groups excluding carboxylic acids is 1. The molecular weight excluding hydrogens is 321 g/mol. The highest BCUT2D eigenvalue weighted by Gasteiger charge is 2.09. The SMILES string of the molecule is CN(C)CCNc1ncc(C(=O)Nc2ccc(F)c(Cl)c2)cn1. The normalized spacial score (nSPS) is 10.7. The Morgan fingerprint density at radius 2 is 2.00 bits per heavy atom. The second-order valence-electron chi connectivity index (χ2n) is 5.11. The lowest BCUT2D eigenvalue weighted by Gasteiger charge is -2.10. The van der Waals surface area contributed by atoms with Gasteiger partial charge in [-0.05, 0) is 32.3 Å². The number of likely N-dealkylation sites (N-methyl/N-ethyl adjacent to an activating group) is 1. The number of hydrogen-bond acceptors (Lipinski definition) is 5. The maximum atomic E-state index is 13.1. The number of anilines is 2. The molecule has 0 fully saturated rings. The molecule has 0 saturated carbocycles. The van der Waals surface area contributed by atoms with Crippen molar-refractivity contribution in [1.82, 2.24) is 14.9 Å². The van der Waals surface area contributed by atoms with Crippen LogP contribution in [0.1, 0.15) is 10.4 Å². The predicted molar refractivity (Wildman–Crippen MR) is 88.4 cm³/mol. The summed E-state index contributed by atoms with van der Waals surface area (Å²) in [5, 5.41) is 5.60. The van der Waals surface area contributed by atoms with Gasteiger partial charge in [0.1, 0.15) is 5.82 Å². The summed E-state index contributed by atoms with van der Waals surface area (Å²) in [5.41, 5.74) is 0.693. The van der Waals surface area contributed by atoms with Gasteiger partial charge in [-0.25, -0.2) is 14.4 Å². The molecular formula is C15H17ClFN5O. The first-order chi connectivity index (χ1) is 11.0. The number of carbonyl (C=O) groups is 1. The van der Waals surface area contributed by atoms with E-state index >= 15 is 0 Å². The lowest BCUT2D eigenvalue weighted by Crippen LogP contribution is -2.21. The quantitative estimate of drug-likeness (QED) is 0.847. The van der Waals surface area contributed by atoms with Crippen LogP contribution in [0.15, 0.2) is 30.6 Å². The molecule has 0 bridgehead atoms. The Labute approximate surface area is 138 Å². The fraction of sp³-hybridized carbons (Fsp3) is 0.267. The van der Waals surface area contributed by atoms with Gasteiger partial charge in [0.2, 0.25) is 5.95 Å². The molecule has 23 heavy (non-hydrogen) atoms. The van der Waals surface area contributed by atoms with Crippen molar-refractivity contribution in [2.24, 2.45) is 0 Å². The topological polar surface area (TPSA) is 70.2 Å². The minimum Gasteiger partial charge on any atom is -0.353 e. The third-order valence-electron chi connectivity index (χ3n) is 2.93. The molecule has 2 rings (SSSR count). The van der Waals surface area contributed by atoms with Crippen molar-refractivity contribution in [3.05, 3.63) is 47.0 Å². The van der Waals surface area contributed by atoms with Gasteiger partial charge in [-0.3, -0.25) is 4.79 Å². The molecule has 0 atom stereocenters. The zero-order valence-corrected chi connectivity index (χ0v) is 13.6. The molecule has 0 spiro atoms. The summed E-state index contributed by atoms with van der Waals surface area (Å²) < 4.78 is 13.1. The van der Waals surface area contributed by atoms with Crippen LogP contribution in [0.2, 0.25) is 5.02 Å². The van der Waals surface area contributed by atoms with Crippen LogP contribution in [0.3, 0.4) is 0 Å². The number of nitrogens with one attached hydrogen (secondary N) is 2. The van der Waals surface area contributed by atoms with Crippen molar-refractivity contribution in [2.45, 2.75) is 0 Å². The van der Waals surface area contributed by atoms with Crippen LogP contribution >= 0.6 is 11.6 Å². The summed E-state index contributed by atoms with van der Waals surface area (Å²) in [6.45, 7) is 1.55. The van der Waals surface area contributed by atoms with Crippen LogP contribution in [0, 0.1) is 5.82 Å². The van der Waals surface area contributed by atoms with Gasteiger partial charge in [0.25, 0.3) is 5.91 Å². The van der Waals surface area contributed by atoms with Crippen molar-refractivity contribution >= 4 is 29.1 Å². The van der Waals surface area contributed by atoms with E-state index in [9.17, 15) is 9.18 Å². The van der Waals surface area contributed by atoms with Gasteiger partial charge in [0.05, 0.1) is 10.6 Å². The maximum Gasteiger partial charge on any atom is 0.258 e. The molecule has 122 valence electrons. The molecule has 1 aromatic heterocycles. The Balaban J connectivity index is 1.95. The number of aromatic nitrogens is 2. The van der Waals surface area contributed by atoms with Gasteiger partial charge in [-0.1, -0.05) is 11.6 Å². The van der Waals surface area contributed by atoms with E-state index in [1.165, 1.54) is 30.6 Å². The van der Waals surface area contributed by atoms with Crippen molar-refractivity contribution in [3.63, 3.8) is 0 Å². The first kappa shape index (κ1) is 17.1. The van der Waals surface area contributed by atoms with Crippen LogP contribution < -0.4 is 10.6 Å². The second-order valence-corrected chi connectivity index (χ2v) is 5.52. The number of rotatable bonds is 6. The molecule has 0 unspecified atom stereocenters. The minimum absolute atomic E-state index is 0.0560. The van der Waals surface area contributed by atoms with Crippen molar-refractivity contribution in [1.29, 1.82) is 0 Å². The number of benzene rings is 1. The Morgan fingerprint density at radius 1 is 1.30 bits per heavy atom. The lowest BCUT2D eigenvalue weighted by atomic mass is 10.2. The van der Waals surface area contributed by atoms with E-state index in [1.54, 1.807) is 0 Å².